The Morgan fingerprint density at radius 3 is 2.76 bits per heavy atom. The standard InChI is InChI=1S/C18H16BrClO/c19-17(13-5-4-11-2-1-3-12(11)8-13)16-10-15(20)9-14-6-7-21-18(14)16/h4-5,8-10,17H,1-3,6-7H2. The maximum Gasteiger partial charge on any atom is 0.127 e. The van der Waals surface area contributed by atoms with Crippen LogP contribution >= 0.6 is 27.5 Å². The van der Waals surface area contributed by atoms with Crippen molar-refractivity contribution < 1.29 is 4.74 Å². The lowest BCUT2D eigenvalue weighted by atomic mass is 9.98. The summed E-state index contributed by atoms with van der Waals surface area (Å²) in [5.41, 5.74) is 6.66. The first kappa shape index (κ1) is 13.7. The largest absolute Gasteiger partial charge is 0.493 e. The molecular formula is C18H16BrClO. The Balaban J connectivity index is 1.77. The first-order chi connectivity index (χ1) is 10.2. The van der Waals surface area contributed by atoms with Crippen LogP contribution in [0.5, 0.6) is 5.75 Å². The van der Waals surface area contributed by atoms with Gasteiger partial charge in [0.05, 0.1) is 11.4 Å². The Morgan fingerprint density at radius 2 is 1.86 bits per heavy atom. The molecule has 0 fully saturated rings. The average molecular weight is 364 g/mol. The van der Waals surface area contributed by atoms with Crippen molar-refractivity contribution in [3.05, 3.63) is 63.2 Å². The van der Waals surface area contributed by atoms with Crippen LogP contribution in [0.1, 0.15) is 39.1 Å². The molecule has 0 radical (unpaired) electrons. The molecule has 0 amide bonds. The van der Waals surface area contributed by atoms with E-state index < -0.39 is 0 Å². The molecule has 1 heterocycles. The summed E-state index contributed by atoms with van der Waals surface area (Å²) in [5.74, 6) is 1.02. The maximum atomic E-state index is 6.28. The van der Waals surface area contributed by atoms with Gasteiger partial charge in [0.2, 0.25) is 0 Å². The lowest BCUT2D eigenvalue weighted by molar-refractivity contribution is 0.354. The van der Waals surface area contributed by atoms with Gasteiger partial charge in [-0.15, -0.1) is 0 Å². The van der Waals surface area contributed by atoms with E-state index in [9.17, 15) is 0 Å². The number of hydrogen-bond acceptors (Lipinski definition) is 1. The van der Waals surface area contributed by atoms with Crippen molar-refractivity contribution in [2.24, 2.45) is 0 Å². The maximum absolute atomic E-state index is 6.28. The van der Waals surface area contributed by atoms with Crippen LogP contribution in [0.25, 0.3) is 0 Å². The van der Waals surface area contributed by atoms with Gasteiger partial charge in [-0.25, -0.2) is 0 Å². The molecule has 0 spiro atoms. The molecule has 1 aliphatic heterocycles. The number of fused-ring (bicyclic) bond motifs is 2. The van der Waals surface area contributed by atoms with E-state index in [1.54, 1.807) is 0 Å². The fraction of sp³-hybridized carbons (Fsp3) is 0.333. The third kappa shape index (κ3) is 2.39. The summed E-state index contributed by atoms with van der Waals surface area (Å²) in [6.45, 7) is 0.757. The quantitative estimate of drug-likeness (QED) is 0.662. The van der Waals surface area contributed by atoms with E-state index in [0.717, 1.165) is 29.4 Å². The highest BCUT2D eigenvalue weighted by molar-refractivity contribution is 9.09. The Hall–Kier alpha value is -0.990. The van der Waals surface area contributed by atoms with E-state index in [1.165, 1.54) is 41.5 Å². The summed E-state index contributed by atoms with van der Waals surface area (Å²) in [6, 6.07) is 10.9. The van der Waals surface area contributed by atoms with Crippen LogP contribution in [0.3, 0.4) is 0 Å². The molecule has 0 bridgehead atoms. The van der Waals surface area contributed by atoms with Gasteiger partial charge in [-0.3, -0.25) is 0 Å². The molecule has 1 unspecified atom stereocenters. The molecule has 1 nitrogen and oxygen atoms in total. The van der Waals surface area contributed by atoms with Crippen LogP contribution in [0, 0.1) is 0 Å². The van der Waals surface area contributed by atoms with Gasteiger partial charge < -0.3 is 4.74 Å². The monoisotopic (exact) mass is 362 g/mol. The van der Waals surface area contributed by atoms with Crippen LogP contribution in [0.4, 0.5) is 0 Å². The highest BCUT2D eigenvalue weighted by atomic mass is 79.9. The number of benzene rings is 2. The molecule has 2 aliphatic rings. The third-order valence-electron chi connectivity index (χ3n) is 4.47. The molecule has 1 aliphatic carbocycles. The second kappa shape index (κ2) is 5.33. The molecule has 1 atom stereocenters. The molecule has 0 saturated heterocycles. The van der Waals surface area contributed by atoms with Crippen molar-refractivity contribution in [1.82, 2.24) is 0 Å². The zero-order valence-corrected chi connectivity index (χ0v) is 14.0. The topological polar surface area (TPSA) is 9.23 Å². The Kier molecular flexibility index (Phi) is 3.47. The van der Waals surface area contributed by atoms with Gasteiger partial charge in [-0.1, -0.05) is 45.7 Å². The summed E-state index contributed by atoms with van der Waals surface area (Å²) < 4.78 is 5.83. The van der Waals surface area contributed by atoms with Gasteiger partial charge in [0, 0.05) is 17.0 Å². The fourth-order valence-electron chi connectivity index (χ4n) is 3.42. The first-order valence-electron chi connectivity index (χ1n) is 7.43. The third-order valence-corrected chi connectivity index (χ3v) is 5.71. The van der Waals surface area contributed by atoms with E-state index in [1.807, 2.05) is 12.1 Å². The lowest BCUT2D eigenvalue weighted by Gasteiger charge is -2.16. The van der Waals surface area contributed by atoms with Gasteiger partial charge >= 0.3 is 0 Å². The summed E-state index contributed by atoms with van der Waals surface area (Å²) >= 11 is 10.1. The molecule has 2 aromatic rings. The Morgan fingerprint density at radius 1 is 1.00 bits per heavy atom. The molecule has 0 saturated carbocycles. The van der Waals surface area contributed by atoms with E-state index >= 15 is 0 Å². The van der Waals surface area contributed by atoms with Gasteiger partial charge in [0.1, 0.15) is 5.75 Å². The number of halogens is 2. The van der Waals surface area contributed by atoms with Crippen LogP contribution in [-0.2, 0) is 19.3 Å². The van der Waals surface area contributed by atoms with Gasteiger partial charge in [0.25, 0.3) is 0 Å². The van der Waals surface area contributed by atoms with Crippen molar-refractivity contribution >= 4 is 27.5 Å². The normalized spacial score (nSPS) is 17.2. The van der Waals surface area contributed by atoms with Crippen molar-refractivity contribution in [2.75, 3.05) is 6.61 Å². The van der Waals surface area contributed by atoms with Crippen molar-refractivity contribution in [3.8, 4) is 5.75 Å². The number of rotatable bonds is 2. The van der Waals surface area contributed by atoms with Crippen LogP contribution in [0.15, 0.2) is 30.3 Å². The second-order valence-electron chi connectivity index (χ2n) is 5.83. The minimum Gasteiger partial charge on any atom is -0.493 e. The Labute approximate surface area is 138 Å². The van der Waals surface area contributed by atoms with Crippen molar-refractivity contribution in [1.29, 1.82) is 0 Å². The number of hydrogen-bond donors (Lipinski definition) is 0. The molecular weight excluding hydrogens is 348 g/mol. The molecule has 0 N–H and O–H groups in total. The molecule has 21 heavy (non-hydrogen) atoms. The number of aryl methyl sites for hydroxylation is 2. The van der Waals surface area contributed by atoms with Crippen LogP contribution in [-0.4, -0.2) is 6.61 Å². The molecule has 2 aromatic carbocycles. The van der Waals surface area contributed by atoms with Crippen molar-refractivity contribution in [2.45, 2.75) is 30.5 Å². The highest BCUT2D eigenvalue weighted by Crippen LogP contribution is 2.43. The predicted octanol–water partition coefficient (Wildman–Crippen LogP) is 5.25. The minimum atomic E-state index is 0.133. The van der Waals surface area contributed by atoms with Gasteiger partial charge in [-0.05, 0) is 53.6 Å². The highest BCUT2D eigenvalue weighted by Gasteiger charge is 2.24. The first-order valence-corrected chi connectivity index (χ1v) is 8.72. The van der Waals surface area contributed by atoms with Crippen LogP contribution in [0.2, 0.25) is 5.02 Å². The predicted molar refractivity (Wildman–Crippen MR) is 89.9 cm³/mol. The smallest absolute Gasteiger partial charge is 0.127 e. The van der Waals surface area contributed by atoms with Gasteiger partial charge in [0.15, 0.2) is 0 Å². The summed E-state index contributed by atoms with van der Waals surface area (Å²) in [4.78, 5) is 0.133. The summed E-state index contributed by atoms with van der Waals surface area (Å²) in [7, 11) is 0. The molecule has 108 valence electrons. The fourth-order valence-corrected chi connectivity index (χ4v) is 4.29. The zero-order valence-electron chi connectivity index (χ0n) is 11.7. The zero-order chi connectivity index (χ0) is 14.4. The van der Waals surface area contributed by atoms with E-state index in [0.29, 0.717) is 0 Å². The lowest BCUT2D eigenvalue weighted by Crippen LogP contribution is -1.98. The number of alkyl halides is 1. The van der Waals surface area contributed by atoms with Crippen LogP contribution < -0.4 is 4.74 Å². The summed E-state index contributed by atoms with van der Waals surface area (Å²) in [5, 5.41) is 0.792. The Bertz CT molecular complexity index is 711. The molecule has 0 aromatic heterocycles. The van der Waals surface area contributed by atoms with E-state index in [2.05, 4.69) is 34.1 Å². The summed E-state index contributed by atoms with van der Waals surface area (Å²) in [6.07, 6.45) is 4.65. The van der Waals surface area contributed by atoms with E-state index in [4.69, 9.17) is 16.3 Å². The SMILES string of the molecule is Clc1cc2c(c(C(Br)c3ccc4c(c3)CCC4)c1)OCC2. The number of ether oxygens (including phenoxy) is 1. The van der Waals surface area contributed by atoms with Gasteiger partial charge in [-0.2, -0.15) is 0 Å². The second-order valence-corrected chi connectivity index (χ2v) is 7.18. The average Bonchev–Trinajstić information content (AvgIpc) is 3.12. The van der Waals surface area contributed by atoms with Crippen molar-refractivity contribution in [3.63, 3.8) is 0 Å². The molecule has 4 rings (SSSR count). The molecule has 3 heteroatoms. The van der Waals surface area contributed by atoms with E-state index in [-0.39, 0.29) is 4.83 Å². The minimum absolute atomic E-state index is 0.133.